The first kappa shape index (κ1) is 32.4. The number of hydrogen-bond acceptors (Lipinski definition) is 6. The van der Waals surface area contributed by atoms with Crippen molar-refractivity contribution in [3.63, 3.8) is 0 Å². The third-order valence-electron chi connectivity index (χ3n) is 1.59. The van der Waals surface area contributed by atoms with Crippen molar-refractivity contribution in [1.82, 2.24) is 9.97 Å². The average molecular weight is 387 g/mol. The summed E-state index contributed by atoms with van der Waals surface area (Å²) in [7, 11) is -5.17. The van der Waals surface area contributed by atoms with E-state index < -0.39 is 10.4 Å². The first-order chi connectivity index (χ1) is 7.97. The third kappa shape index (κ3) is 16.6. The van der Waals surface area contributed by atoms with Gasteiger partial charge in [0.25, 0.3) is 0 Å². The monoisotopic (exact) mass is 386 g/mol. The summed E-state index contributed by atoms with van der Waals surface area (Å²) in [5.41, 5.74) is 1.83. The zero-order valence-electron chi connectivity index (χ0n) is 11.2. The van der Waals surface area contributed by atoms with E-state index in [9.17, 15) is 0 Å². The largest absolute Gasteiger partial charge is 2.00 e. The summed E-state index contributed by atoms with van der Waals surface area (Å²) >= 11 is 0. The van der Waals surface area contributed by atoms with Crippen molar-refractivity contribution >= 4 is 10.4 Å². The van der Waals surface area contributed by atoms with E-state index in [4.69, 9.17) is 17.5 Å². The number of aromatic nitrogens is 2. The van der Waals surface area contributed by atoms with Gasteiger partial charge >= 0.3 is 16.5 Å². The molecule has 0 radical (unpaired) electrons. The van der Waals surface area contributed by atoms with E-state index in [1.54, 1.807) is 12.4 Å². The molecule has 0 aromatic carbocycles. The molecule has 0 atom stereocenters. The Morgan fingerprint density at radius 3 is 1.18 bits per heavy atom. The van der Waals surface area contributed by atoms with Crippen LogP contribution in [-0.4, -0.2) is 27.5 Å². The molecule has 0 aliphatic carbocycles. The van der Waals surface area contributed by atoms with E-state index in [0.717, 1.165) is 11.4 Å². The van der Waals surface area contributed by atoms with Crippen LogP contribution in [0, 0.1) is 0 Å². The number of rotatable bonds is 1. The second-order valence-corrected chi connectivity index (χ2v) is 3.65. The predicted octanol–water partition coefficient (Wildman–Crippen LogP) is -2.88. The summed E-state index contributed by atoms with van der Waals surface area (Å²) < 4.78 is 34.1. The van der Waals surface area contributed by atoms with Gasteiger partial charge in [0.15, 0.2) is 0 Å². The summed E-state index contributed by atoms with van der Waals surface area (Å²) in [5.74, 6) is 0. The molecule has 0 amide bonds. The van der Waals surface area contributed by atoms with Crippen LogP contribution in [0.1, 0.15) is 0 Å². The van der Waals surface area contributed by atoms with Gasteiger partial charge in [-0.2, -0.15) is 0 Å². The van der Waals surface area contributed by atoms with E-state index in [2.05, 4.69) is 9.97 Å². The molecule has 22 heavy (non-hydrogen) atoms. The van der Waals surface area contributed by atoms with Gasteiger partial charge in [-0.25, -0.2) is 0 Å². The second-order valence-electron chi connectivity index (χ2n) is 2.84. The molecular formula is C10H20N2NiO8S+4. The van der Waals surface area contributed by atoms with Gasteiger partial charge in [-0.3, -0.25) is 18.4 Å². The molecule has 0 spiro atoms. The van der Waals surface area contributed by atoms with Crippen molar-refractivity contribution in [1.29, 1.82) is 0 Å². The van der Waals surface area contributed by atoms with Crippen LogP contribution < -0.4 is 0 Å². The van der Waals surface area contributed by atoms with E-state index in [-0.39, 0.29) is 38.4 Å². The number of nitrogens with zero attached hydrogens (tertiary/aromatic N) is 2. The Hall–Kier alpha value is -1.50. The maximum absolute atomic E-state index is 8.52. The molecule has 2 aromatic rings. The van der Waals surface area contributed by atoms with Gasteiger partial charge in [-0.1, -0.05) is 12.1 Å². The van der Waals surface area contributed by atoms with E-state index >= 15 is 0 Å². The maximum Gasteiger partial charge on any atom is 2.00 e. The van der Waals surface area contributed by atoms with Gasteiger partial charge in [0, 0.05) is 22.8 Å². The second kappa shape index (κ2) is 15.9. The molecular weight excluding hydrogens is 367 g/mol. The molecule has 0 saturated heterocycles. The van der Waals surface area contributed by atoms with Crippen LogP contribution in [0.4, 0.5) is 0 Å². The fraction of sp³-hybridized carbons (Fsp3) is 0. The molecule has 2 rings (SSSR count). The minimum atomic E-state index is -5.17. The van der Waals surface area contributed by atoms with Gasteiger partial charge < -0.3 is 31.0 Å². The first-order valence-corrected chi connectivity index (χ1v) is 5.79. The van der Waals surface area contributed by atoms with Gasteiger partial charge in [0.1, 0.15) is 0 Å². The third-order valence-corrected chi connectivity index (χ3v) is 1.59. The summed E-state index contributed by atoms with van der Waals surface area (Å²) in [5, 5.41) is 0. The molecule has 2 heterocycles. The van der Waals surface area contributed by atoms with Gasteiger partial charge in [0.2, 0.25) is 0 Å². The van der Waals surface area contributed by atoms with Gasteiger partial charge in [0.05, 0.1) is 11.4 Å². The van der Waals surface area contributed by atoms with Crippen LogP contribution in [0.5, 0.6) is 0 Å². The van der Waals surface area contributed by atoms with Gasteiger partial charge in [-0.05, 0) is 24.3 Å². The quantitative estimate of drug-likeness (QED) is 0.215. The summed E-state index contributed by atoms with van der Waals surface area (Å²) in [4.78, 5) is 8.37. The number of hydrogen-bond donors (Lipinski definition) is 0. The number of pyridine rings is 2. The molecule has 0 bridgehead atoms. The SMILES string of the molecule is O=S(=O)([O-])[O-].[Ni+2].[OH3+].[OH3+].[OH3+].[OH3+].c1ccc(-c2ccccn2)nc1. The van der Waals surface area contributed by atoms with Crippen LogP contribution in [0.3, 0.4) is 0 Å². The van der Waals surface area contributed by atoms with E-state index in [1.165, 1.54) is 0 Å². The molecule has 0 aliphatic rings. The van der Waals surface area contributed by atoms with Crippen LogP contribution in [0.2, 0.25) is 0 Å². The van der Waals surface area contributed by atoms with Crippen molar-refractivity contribution in [3.05, 3.63) is 48.8 Å². The van der Waals surface area contributed by atoms with Crippen molar-refractivity contribution in [2.24, 2.45) is 0 Å². The van der Waals surface area contributed by atoms with Crippen molar-refractivity contribution in [2.75, 3.05) is 0 Å². The van der Waals surface area contributed by atoms with E-state index in [1.807, 2.05) is 36.4 Å². The Bertz CT molecular complexity index is 510. The van der Waals surface area contributed by atoms with Crippen molar-refractivity contribution in [3.8, 4) is 11.4 Å². The topological polar surface area (TPSA) is 238 Å². The Morgan fingerprint density at radius 1 is 0.727 bits per heavy atom. The average Bonchev–Trinajstić information content (AvgIpc) is 2.29. The fourth-order valence-corrected chi connectivity index (χ4v) is 1.03. The smallest absolute Gasteiger partial charge is 0.759 e. The van der Waals surface area contributed by atoms with Crippen LogP contribution in [0.25, 0.3) is 11.4 Å². The first-order valence-electron chi connectivity index (χ1n) is 4.46. The Kier molecular flexibility index (Phi) is 23.4. The molecule has 12 heteroatoms. The minimum Gasteiger partial charge on any atom is -0.759 e. The molecule has 0 unspecified atom stereocenters. The van der Waals surface area contributed by atoms with Crippen molar-refractivity contribution < 1.29 is 55.9 Å². The predicted molar refractivity (Wildman–Crippen MR) is 77.4 cm³/mol. The molecule has 10 nitrogen and oxygen atoms in total. The molecule has 0 aliphatic heterocycles. The Labute approximate surface area is 137 Å². The Balaban J connectivity index is -0.0000000870. The summed E-state index contributed by atoms with van der Waals surface area (Å²) in [6.45, 7) is 0. The molecule has 0 fully saturated rings. The molecule has 0 saturated carbocycles. The molecule has 2 aromatic heterocycles. The standard InChI is InChI=1S/C10H8N2.Ni.H2O4S.4H2O/c1-3-7-11-9(5-1)10-6-2-4-8-12-10;;1-5(2,3)4;;;;/h1-8H;;(H2,1,2,3,4);4*1H2/q;+2;;;;;/p+2. The minimum absolute atomic E-state index is 0. The summed E-state index contributed by atoms with van der Waals surface area (Å²) in [6, 6.07) is 11.6. The Morgan fingerprint density at radius 2 is 1.00 bits per heavy atom. The normalized spacial score (nSPS) is 7.91. The summed E-state index contributed by atoms with van der Waals surface area (Å²) in [6.07, 6.45) is 3.54. The zero-order valence-corrected chi connectivity index (χ0v) is 13.0. The van der Waals surface area contributed by atoms with Crippen LogP contribution >= 0.6 is 0 Å². The maximum atomic E-state index is 8.52. The molecule has 12 N–H and O–H groups in total. The zero-order chi connectivity index (χ0) is 12.7. The van der Waals surface area contributed by atoms with Crippen LogP contribution in [0.15, 0.2) is 48.8 Å². The van der Waals surface area contributed by atoms with Crippen molar-refractivity contribution in [2.45, 2.75) is 0 Å². The van der Waals surface area contributed by atoms with Gasteiger partial charge in [-0.15, -0.1) is 0 Å². The molecule has 130 valence electrons. The fourth-order valence-electron chi connectivity index (χ4n) is 1.03. The van der Waals surface area contributed by atoms with E-state index in [0.29, 0.717) is 0 Å². The van der Waals surface area contributed by atoms with Crippen LogP contribution in [-0.2, 0) is 48.8 Å².